The molecule has 1 nitrogen and oxygen atoms in total. The van der Waals surface area contributed by atoms with E-state index in [1.54, 1.807) is 0 Å². The van der Waals surface area contributed by atoms with E-state index in [0.717, 1.165) is 22.4 Å². The minimum absolute atomic E-state index is 0.837. The Morgan fingerprint density at radius 2 is 1.82 bits per heavy atom. The molecule has 0 bridgehead atoms. The third kappa shape index (κ3) is 3.46. The van der Waals surface area contributed by atoms with Gasteiger partial charge >= 0.3 is 0 Å². The van der Waals surface area contributed by atoms with E-state index in [4.69, 9.17) is 4.74 Å². The predicted molar refractivity (Wildman–Crippen MR) is 74.6 cm³/mol. The van der Waals surface area contributed by atoms with Crippen LogP contribution >= 0.6 is 15.9 Å². The molecule has 2 heteroatoms. The topological polar surface area (TPSA) is 9.23 Å². The van der Waals surface area contributed by atoms with Gasteiger partial charge in [-0.2, -0.15) is 0 Å². The first-order valence-corrected chi connectivity index (χ1v) is 6.20. The molecule has 0 heterocycles. The van der Waals surface area contributed by atoms with E-state index in [2.05, 4.69) is 28.6 Å². The smallest absolute Gasteiger partial charge is 0.127 e. The van der Waals surface area contributed by atoms with Crippen LogP contribution < -0.4 is 4.74 Å². The number of ether oxygens (including phenoxy) is 1. The normalized spacial score (nSPS) is 9.94. The number of hydrogen-bond acceptors (Lipinski definition) is 1. The van der Waals surface area contributed by atoms with Crippen LogP contribution in [-0.4, -0.2) is 0 Å². The number of hydrogen-bond donors (Lipinski definition) is 0. The van der Waals surface area contributed by atoms with Crippen molar-refractivity contribution in [2.24, 2.45) is 0 Å². The fourth-order valence-corrected chi connectivity index (χ4v) is 1.81. The van der Waals surface area contributed by atoms with Gasteiger partial charge in [-0.25, -0.2) is 0 Å². The summed E-state index contributed by atoms with van der Waals surface area (Å²) in [5, 5.41) is 0. The van der Waals surface area contributed by atoms with Crippen molar-refractivity contribution in [3.05, 3.63) is 71.2 Å². The lowest BCUT2D eigenvalue weighted by Crippen LogP contribution is -1.86. The summed E-state index contributed by atoms with van der Waals surface area (Å²) in [6.07, 6.45) is 2.75. The predicted octanol–water partition coefficient (Wildman–Crippen LogP) is 4.97. The summed E-state index contributed by atoms with van der Waals surface area (Å²) in [5.74, 6) is 1.69. The van der Waals surface area contributed by atoms with Crippen LogP contribution in [-0.2, 0) is 6.42 Å². The van der Waals surface area contributed by atoms with Gasteiger partial charge in [0.1, 0.15) is 11.5 Å². The lowest BCUT2D eigenvalue weighted by atomic mass is 10.1. The zero-order chi connectivity index (χ0) is 12.1. The number of allylic oxidation sites excluding steroid dienone is 1. The van der Waals surface area contributed by atoms with Crippen LogP contribution in [0.1, 0.15) is 5.56 Å². The molecule has 2 aromatic rings. The average molecular weight is 289 g/mol. The maximum absolute atomic E-state index is 5.77. The van der Waals surface area contributed by atoms with Crippen molar-refractivity contribution in [1.29, 1.82) is 0 Å². The monoisotopic (exact) mass is 288 g/mol. The first kappa shape index (κ1) is 11.9. The molecule has 2 rings (SSSR count). The zero-order valence-corrected chi connectivity index (χ0v) is 11.0. The van der Waals surface area contributed by atoms with Gasteiger partial charge in [0.05, 0.1) is 0 Å². The molecule has 0 fully saturated rings. The van der Waals surface area contributed by atoms with Gasteiger partial charge in [0.15, 0.2) is 0 Å². The van der Waals surface area contributed by atoms with E-state index in [0.29, 0.717) is 0 Å². The quantitative estimate of drug-likeness (QED) is 0.722. The minimum atomic E-state index is 0.837. The highest BCUT2D eigenvalue weighted by atomic mass is 79.9. The highest BCUT2D eigenvalue weighted by Gasteiger charge is 1.98. The molecule has 0 unspecified atom stereocenters. The molecule has 0 atom stereocenters. The van der Waals surface area contributed by atoms with Crippen LogP contribution in [0, 0.1) is 0 Å². The zero-order valence-electron chi connectivity index (χ0n) is 9.40. The molecule has 0 aliphatic rings. The lowest BCUT2D eigenvalue weighted by molar-refractivity contribution is 0.482. The Hall–Kier alpha value is -1.54. The minimum Gasteiger partial charge on any atom is -0.457 e. The summed E-state index contributed by atoms with van der Waals surface area (Å²) < 4.78 is 6.81. The molecule has 86 valence electrons. The Bertz CT molecular complexity index is 503. The molecule has 0 amide bonds. The fourth-order valence-electron chi connectivity index (χ4n) is 1.54. The summed E-state index contributed by atoms with van der Waals surface area (Å²) >= 11 is 3.40. The van der Waals surface area contributed by atoms with Gasteiger partial charge in [-0.1, -0.05) is 34.1 Å². The summed E-state index contributed by atoms with van der Waals surface area (Å²) in [7, 11) is 0. The average Bonchev–Trinajstić information content (AvgIpc) is 2.33. The molecule has 0 spiro atoms. The van der Waals surface area contributed by atoms with Crippen LogP contribution in [0.3, 0.4) is 0 Å². The molecular formula is C15H13BrO. The van der Waals surface area contributed by atoms with Gasteiger partial charge in [-0.05, 0) is 48.4 Å². The first-order chi connectivity index (χ1) is 8.28. The van der Waals surface area contributed by atoms with Gasteiger partial charge in [0.25, 0.3) is 0 Å². The van der Waals surface area contributed by atoms with E-state index in [1.165, 1.54) is 5.56 Å². The largest absolute Gasteiger partial charge is 0.457 e. The van der Waals surface area contributed by atoms with Crippen molar-refractivity contribution < 1.29 is 4.74 Å². The highest BCUT2D eigenvalue weighted by molar-refractivity contribution is 9.10. The van der Waals surface area contributed by atoms with E-state index < -0.39 is 0 Å². The second kappa shape index (κ2) is 5.69. The summed E-state index contributed by atoms with van der Waals surface area (Å²) in [5.41, 5.74) is 1.20. The van der Waals surface area contributed by atoms with Crippen LogP contribution in [0.25, 0.3) is 0 Å². The first-order valence-electron chi connectivity index (χ1n) is 5.41. The highest BCUT2D eigenvalue weighted by Crippen LogP contribution is 2.24. The lowest BCUT2D eigenvalue weighted by Gasteiger charge is -2.07. The summed E-state index contributed by atoms with van der Waals surface area (Å²) in [4.78, 5) is 0. The van der Waals surface area contributed by atoms with E-state index in [1.807, 2.05) is 48.5 Å². The Morgan fingerprint density at radius 3 is 2.53 bits per heavy atom. The molecule has 2 aromatic carbocycles. The molecular weight excluding hydrogens is 276 g/mol. The van der Waals surface area contributed by atoms with Crippen LogP contribution in [0.5, 0.6) is 11.5 Å². The molecule has 0 radical (unpaired) electrons. The van der Waals surface area contributed by atoms with Crippen LogP contribution in [0.2, 0.25) is 0 Å². The van der Waals surface area contributed by atoms with Crippen molar-refractivity contribution in [2.45, 2.75) is 6.42 Å². The second-order valence-corrected chi connectivity index (χ2v) is 4.61. The fraction of sp³-hybridized carbons (Fsp3) is 0.0667. The van der Waals surface area contributed by atoms with Gasteiger partial charge < -0.3 is 4.74 Å². The number of rotatable bonds is 4. The molecule has 0 saturated carbocycles. The maximum atomic E-state index is 5.77. The molecule has 0 aromatic heterocycles. The molecule has 0 aliphatic heterocycles. The van der Waals surface area contributed by atoms with Crippen molar-refractivity contribution >= 4 is 15.9 Å². The second-order valence-electron chi connectivity index (χ2n) is 3.70. The Labute approximate surface area is 110 Å². The van der Waals surface area contributed by atoms with Gasteiger partial charge in [-0.3, -0.25) is 0 Å². The molecule has 0 saturated heterocycles. The Morgan fingerprint density at radius 1 is 1.06 bits per heavy atom. The van der Waals surface area contributed by atoms with E-state index in [9.17, 15) is 0 Å². The third-order valence-electron chi connectivity index (χ3n) is 2.33. The molecule has 17 heavy (non-hydrogen) atoms. The van der Waals surface area contributed by atoms with Crippen LogP contribution in [0.4, 0.5) is 0 Å². The Kier molecular flexibility index (Phi) is 3.99. The Balaban J connectivity index is 2.15. The van der Waals surface area contributed by atoms with Crippen molar-refractivity contribution in [1.82, 2.24) is 0 Å². The van der Waals surface area contributed by atoms with E-state index >= 15 is 0 Å². The van der Waals surface area contributed by atoms with Gasteiger partial charge in [0.2, 0.25) is 0 Å². The number of benzene rings is 2. The SMILES string of the molecule is C=CCc1cccc(Oc2ccc(Br)cc2)c1. The summed E-state index contributed by atoms with van der Waals surface area (Å²) in [6.45, 7) is 3.73. The van der Waals surface area contributed by atoms with Gasteiger partial charge in [0, 0.05) is 4.47 Å². The summed E-state index contributed by atoms with van der Waals surface area (Å²) in [6, 6.07) is 15.8. The standard InChI is InChI=1S/C15H13BrO/c1-2-4-12-5-3-6-15(11-12)17-14-9-7-13(16)8-10-14/h2-3,5-11H,1,4H2. The van der Waals surface area contributed by atoms with Crippen LogP contribution in [0.15, 0.2) is 65.7 Å². The van der Waals surface area contributed by atoms with Crippen molar-refractivity contribution in [2.75, 3.05) is 0 Å². The van der Waals surface area contributed by atoms with E-state index in [-0.39, 0.29) is 0 Å². The third-order valence-corrected chi connectivity index (χ3v) is 2.86. The molecule has 0 aliphatic carbocycles. The molecule has 0 N–H and O–H groups in total. The maximum Gasteiger partial charge on any atom is 0.127 e. The van der Waals surface area contributed by atoms with Gasteiger partial charge in [-0.15, -0.1) is 6.58 Å². The van der Waals surface area contributed by atoms with Crippen molar-refractivity contribution in [3.8, 4) is 11.5 Å². The number of halogens is 1. The van der Waals surface area contributed by atoms with Crippen molar-refractivity contribution in [3.63, 3.8) is 0 Å².